The maximum absolute atomic E-state index is 4.23. The van der Waals surface area contributed by atoms with E-state index in [0.29, 0.717) is 0 Å². The predicted octanol–water partition coefficient (Wildman–Crippen LogP) is 3.86. The summed E-state index contributed by atoms with van der Waals surface area (Å²) in [7, 11) is 1.80. The molecule has 2 aromatic rings. The van der Waals surface area contributed by atoms with Gasteiger partial charge in [-0.2, -0.15) is 0 Å². The molecule has 2 rings (SSSR count). The zero-order valence-corrected chi connectivity index (χ0v) is 15.6. The van der Waals surface area contributed by atoms with Crippen molar-refractivity contribution in [1.82, 2.24) is 10.6 Å². The molecule has 0 saturated heterocycles. The molecule has 2 heterocycles. The summed E-state index contributed by atoms with van der Waals surface area (Å²) in [5.74, 6) is 0.847. The number of rotatable bonds is 5. The standard InChI is InChI=1S/C14H19N3S2.HI/c1-3-11-6-7-13(19-11)10-17-14(15-2)16-9-12-5-4-8-18-12;/h4-8H,3,9-10H2,1-2H3,(H2,15,16,17);1H. The van der Waals surface area contributed by atoms with E-state index in [1.54, 1.807) is 18.4 Å². The van der Waals surface area contributed by atoms with Crippen molar-refractivity contribution in [1.29, 1.82) is 0 Å². The number of hydrogen-bond acceptors (Lipinski definition) is 3. The van der Waals surface area contributed by atoms with E-state index < -0.39 is 0 Å². The Morgan fingerprint density at radius 1 is 1.10 bits per heavy atom. The zero-order chi connectivity index (χ0) is 13.5. The lowest BCUT2D eigenvalue weighted by molar-refractivity contribution is 0.822. The summed E-state index contributed by atoms with van der Waals surface area (Å²) in [6, 6.07) is 8.57. The highest BCUT2D eigenvalue weighted by molar-refractivity contribution is 14.0. The monoisotopic (exact) mass is 421 g/mol. The molecule has 0 amide bonds. The summed E-state index contributed by atoms with van der Waals surface area (Å²) < 4.78 is 0. The normalized spacial score (nSPS) is 11.0. The molecule has 6 heteroatoms. The van der Waals surface area contributed by atoms with Crippen LogP contribution in [0.25, 0.3) is 0 Å². The number of aryl methyl sites for hydroxylation is 1. The summed E-state index contributed by atoms with van der Waals surface area (Å²) in [4.78, 5) is 8.32. The van der Waals surface area contributed by atoms with Gasteiger partial charge in [0.25, 0.3) is 0 Å². The molecule has 0 bridgehead atoms. The number of halogens is 1. The average Bonchev–Trinajstić information content (AvgIpc) is 3.10. The molecule has 3 nitrogen and oxygen atoms in total. The van der Waals surface area contributed by atoms with Crippen molar-refractivity contribution >= 4 is 52.6 Å². The number of hydrogen-bond donors (Lipinski definition) is 2. The van der Waals surface area contributed by atoms with Crippen LogP contribution >= 0.6 is 46.7 Å². The van der Waals surface area contributed by atoms with Gasteiger partial charge in [0.2, 0.25) is 0 Å². The van der Waals surface area contributed by atoms with E-state index in [1.165, 1.54) is 14.6 Å². The van der Waals surface area contributed by atoms with Crippen molar-refractivity contribution in [3.05, 3.63) is 44.3 Å². The first kappa shape index (κ1) is 17.5. The van der Waals surface area contributed by atoms with Crippen LogP contribution < -0.4 is 10.6 Å². The highest BCUT2D eigenvalue weighted by Gasteiger charge is 2.01. The van der Waals surface area contributed by atoms with Gasteiger partial charge in [0.1, 0.15) is 0 Å². The smallest absolute Gasteiger partial charge is 0.191 e. The van der Waals surface area contributed by atoms with Crippen molar-refractivity contribution < 1.29 is 0 Å². The molecule has 0 fully saturated rings. The zero-order valence-electron chi connectivity index (χ0n) is 11.7. The van der Waals surface area contributed by atoms with E-state index in [4.69, 9.17) is 0 Å². The van der Waals surface area contributed by atoms with Gasteiger partial charge in [-0.3, -0.25) is 4.99 Å². The fourth-order valence-corrected chi connectivity index (χ4v) is 3.22. The number of aliphatic imine (C=N–C) groups is 1. The summed E-state index contributed by atoms with van der Waals surface area (Å²) in [6.07, 6.45) is 1.11. The van der Waals surface area contributed by atoms with E-state index in [0.717, 1.165) is 25.5 Å². The van der Waals surface area contributed by atoms with E-state index in [1.807, 2.05) is 11.3 Å². The van der Waals surface area contributed by atoms with Crippen LogP contribution in [0.4, 0.5) is 0 Å². The number of thiophene rings is 2. The molecule has 2 aromatic heterocycles. The molecule has 0 radical (unpaired) electrons. The van der Waals surface area contributed by atoms with Gasteiger partial charge in [-0.25, -0.2) is 0 Å². The Morgan fingerprint density at radius 3 is 2.35 bits per heavy atom. The maximum atomic E-state index is 4.23. The van der Waals surface area contributed by atoms with Crippen LogP contribution in [0.2, 0.25) is 0 Å². The minimum atomic E-state index is 0. The first-order chi connectivity index (χ1) is 9.31. The summed E-state index contributed by atoms with van der Waals surface area (Å²) in [5, 5.41) is 8.74. The Labute approximate surface area is 145 Å². The van der Waals surface area contributed by atoms with Crippen molar-refractivity contribution in [2.75, 3.05) is 7.05 Å². The molecule has 110 valence electrons. The molecule has 20 heavy (non-hydrogen) atoms. The molecular formula is C14H20IN3S2. The van der Waals surface area contributed by atoms with Gasteiger partial charge in [0.15, 0.2) is 5.96 Å². The topological polar surface area (TPSA) is 36.4 Å². The van der Waals surface area contributed by atoms with Gasteiger partial charge < -0.3 is 10.6 Å². The Balaban J connectivity index is 0.00000200. The molecule has 0 aliphatic carbocycles. The number of guanidine groups is 1. The van der Waals surface area contributed by atoms with Crippen LogP contribution in [0.5, 0.6) is 0 Å². The molecule has 0 saturated carbocycles. The Hall–Kier alpha value is -0.600. The van der Waals surface area contributed by atoms with Crippen molar-refractivity contribution in [2.24, 2.45) is 4.99 Å². The predicted molar refractivity (Wildman–Crippen MR) is 100 cm³/mol. The molecule has 0 aromatic carbocycles. The third-order valence-corrected chi connectivity index (χ3v) is 4.84. The first-order valence-electron chi connectivity index (χ1n) is 6.36. The van der Waals surface area contributed by atoms with E-state index in [-0.39, 0.29) is 24.0 Å². The lowest BCUT2D eigenvalue weighted by atomic mass is 10.3. The lowest BCUT2D eigenvalue weighted by Crippen LogP contribution is -2.35. The summed E-state index contributed by atoms with van der Waals surface area (Å²) in [6.45, 7) is 3.83. The first-order valence-corrected chi connectivity index (χ1v) is 8.06. The van der Waals surface area contributed by atoms with Gasteiger partial charge in [-0.05, 0) is 30.0 Å². The largest absolute Gasteiger partial charge is 0.352 e. The van der Waals surface area contributed by atoms with Crippen molar-refractivity contribution in [2.45, 2.75) is 26.4 Å². The molecule has 0 spiro atoms. The van der Waals surface area contributed by atoms with Crippen LogP contribution in [0, 0.1) is 0 Å². The quantitative estimate of drug-likeness (QED) is 0.437. The van der Waals surface area contributed by atoms with Crippen molar-refractivity contribution in [3.8, 4) is 0 Å². The third-order valence-electron chi connectivity index (χ3n) is 2.73. The van der Waals surface area contributed by atoms with Crippen LogP contribution in [0.3, 0.4) is 0 Å². The summed E-state index contributed by atoms with van der Waals surface area (Å²) >= 11 is 3.61. The lowest BCUT2D eigenvalue weighted by Gasteiger charge is -2.10. The minimum Gasteiger partial charge on any atom is -0.352 e. The van der Waals surface area contributed by atoms with Gasteiger partial charge >= 0.3 is 0 Å². The molecule has 0 aliphatic heterocycles. The molecule has 0 unspecified atom stereocenters. The fourth-order valence-electron chi connectivity index (χ4n) is 1.68. The van der Waals surface area contributed by atoms with E-state index in [2.05, 4.69) is 52.2 Å². The van der Waals surface area contributed by atoms with Crippen molar-refractivity contribution in [3.63, 3.8) is 0 Å². The second-order valence-electron chi connectivity index (χ2n) is 4.08. The fraction of sp³-hybridized carbons (Fsp3) is 0.357. The summed E-state index contributed by atoms with van der Waals surface area (Å²) in [5.41, 5.74) is 0. The molecule has 0 aliphatic rings. The average molecular weight is 421 g/mol. The Morgan fingerprint density at radius 2 is 1.80 bits per heavy atom. The van der Waals surface area contributed by atoms with Crippen LogP contribution in [0.1, 0.15) is 21.6 Å². The van der Waals surface area contributed by atoms with E-state index >= 15 is 0 Å². The van der Waals surface area contributed by atoms with Crippen LogP contribution in [0.15, 0.2) is 34.6 Å². The van der Waals surface area contributed by atoms with Gasteiger partial charge in [0, 0.05) is 21.7 Å². The van der Waals surface area contributed by atoms with E-state index in [9.17, 15) is 0 Å². The van der Waals surface area contributed by atoms with Gasteiger partial charge in [0.05, 0.1) is 13.1 Å². The Bertz CT molecular complexity index is 520. The molecular weight excluding hydrogens is 401 g/mol. The maximum Gasteiger partial charge on any atom is 0.191 e. The highest BCUT2D eigenvalue weighted by atomic mass is 127. The van der Waals surface area contributed by atoms with Gasteiger partial charge in [-0.15, -0.1) is 46.7 Å². The minimum absolute atomic E-state index is 0. The Kier molecular flexibility index (Phi) is 8.16. The molecule has 0 atom stereocenters. The number of nitrogens with one attached hydrogen (secondary N) is 2. The van der Waals surface area contributed by atoms with Gasteiger partial charge in [-0.1, -0.05) is 13.0 Å². The number of nitrogens with zero attached hydrogens (tertiary/aromatic N) is 1. The SMILES string of the molecule is CCc1ccc(CNC(=NC)NCc2cccs2)s1.I. The second kappa shape index (κ2) is 9.36. The molecule has 2 N–H and O–H groups in total. The second-order valence-corrected chi connectivity index (χ2v) is 6.37. The highest BCUT2D eigenvalue weighted by Crippen LogP contribution is 2.16. The van der Waals surface area contributed by atoms with Crippen LogP contribution in [-0.2, 0) is 19.5 Å². The van der Waals surface area contributed by atoms with Crippen LogP contribution in [-0.4, -0.2) is 13.0 Å². The third kappa shape index (κ3) is 5.41.